The molecule has 1 N–H and O–H groups in total. The van der Waals surface area contributed by atoms with Gasteiger partial charge in [-0.25, -0.2) is 0 Å². The number of hydrogen-bond donors (Lipinski definition) is 1. The van der Waals surface area contributed by atoms with Crippen LogP contribution in [0.1, 0.15) is 340 Å². The second kappa shape index (κ2) is 48.6. The third-order valence-electron chi connectivity index (χ3n) is 16.6. The van der Waals surface area contributed by atoms with Gasteiger partial charge < -0.3 is 9.84 Å². The van der Waals surface area contributed by atoms with Crippen LogP contribution in [0, 0.1) is 0 Å². The van der Waals surface area contributed by atoms with Crippen molar-refractivity contribution in [2.75, 3.05) is 6.61 Å². The maximum atomic E-state index is 12.7. The van der Waals surface area contributed by atoms with Crippen LogP contribution in [0.15, 0.2) is 60.7 Å². The largest absolute Gasteiger partial charge is 0.507 e. The summed E-state index contributed by atoms with van der Waals surface area (Å²) in [6.07, 6.45) is 67.9. The molecule has 0 spiro atoms. The van der Waals surface area contributed by atoms with Crippen molar-refractivity contribution in [1.29, 1.82) is 0 Å². The molecule has 3 rings (SSSR count). The van der Waals surface area contributed by atoms with E-state index in [1.165, 1.54) is 300 Å². The number of aromatic hydroxyl groups is 1. The summed E-state index contributed by atoms with van der Waals surface area (Å²) in [6.45, 7) is 7.69. The number of phenolic OH excluding ortho intramolecular Hbond substituents is 1. The standard InChI is InChI=1S/C72H122O2/c1-4-7-10-13-16-19-22-25-28-31-34-37-40-43-46-55-62-67-69(65-58-51-49-52-59-65)71(73)70(66-60-53-50-54-61-66)68(63-56-47-44-41-38-35-32-29-26-23-20-17-14-11-8-5-2)72(67)74-64-57-48-45-42-39-36-33-30-27-24-21-18-15-12-9-6-3/h49-54,58-61,73H,4-48,55-57,62-64H2,1-3H3. The van der Waals surface area contributed by atoms with Gasteiger partial charge in [0.25, 0.3) is 0 Å². The molecule has 2 heteroatoms. The Kier molecular flexibility index (Phi) is 43.1. The molecule has 0 radical (unpaired) electrons. The van der Waals surface area contributed by atoms with Crippen molar-refractivity contribution in [1.82, 2.24) is 0 Å². The minimum Gasteiger partial charge on any atom is -0.507 e. The molecular weight excluding hydrogens is 897 g/mol. The first kappa shape index (κ1) is 65.5. The highest BCUT2D eigenvalue weighted by Gasteiger charge is 2.26. The van der Waals surface area contributed by atoms with E-state index in [9.17, 15) is 5.11 Å². The molecule has 2 nitrogen and oxygen atoms in total. The Labute approximate surface area is 461 Å². The monoisotopic (exact) mass is 1020 g/mol. The van der Waals surface area contributed by atoms with Crippen molar-refractivity contribution < 1.29 is 9.84 Å². The van der Waals surface area contributed by atoms with Gasteiger partial charge in [0.1, 0.15) is 11.5 Å². The molecule has 422 valence electrons. The third kappa shape index (κ3) is 32.1. The minimum absolute atomic E-state index is 0.454. The Balaban J connectivity index is 1.63. The maximum absolute atomic E-state index is 12.7. The van der Waals surface area contributed by atoms with Crippen LogP contribution in [-0.2, 0) is 12.8 Å². The lowest BCUT2D eigenvalue weighted by molar-refractivity contribution is 0.297. The topological polar surface area (TPSA) is 29.5 Å². The maximum Gasteiger partial charge on any atom is 0.132 e. The van der Waals surface area contributed by atoms with Gasteiger partial charge in [0.2, 0.25) is 0 Å². The molecule has 0 amide bonds. The minimum atomic E-state index is 0.454. The molecule has 0 aliphatic heterocycles. The Morgan fingerprint density at radius 3 is 0.730 bits per heavy atom. The average Bonchev–Trinajstić information content (AvgIpc) is 3.42. The van der Waals surface area contributed by atoms with E-state index in [0.29, 0.717) is 5.75 Å². The molecule has 3 aromatic rings. The van der Waals surface area contributed by atoms with E-state index in [4.69, 9.17) is 4.74 Å². The Hall–Kier alpha value is -2.74. The van der Waals surface area contributed by atoms with Gasteiger partial charge >= 0.3 is 0 Å². The number of ether oxygens (including phenoxy) is 1. The highest BCUT2D eigenvalue weighted by molar-refractivity contribution is 5.89. The fraction of sp³-hybridized carbons (Fsp3) is 0.750. The summed E-state index contributed by atoms with van der Waals surface area (Å²) < 4.78 is 7.21. The highest BCUT2D eigenvalue weighted by atomic mass is 16.5. The Bertz CT molecular complexity index is 1540. The fourth-order valence-electron chi connectivity index (χ4n) is 11.8. The summed E-state index contributed by atoms with van der Waals surface area (Å²) in [6, 6.07) is 21.6. The number of unbranched alkanes of at least 4 members (excludes halogenated alkanes) is 45. The lowest BCUT2D eigenvalue weighted by Gasteiger charge is -2.25. The first-order valence-corrected chi connectivity index (χ1v) is 33.4. The van der Waals surface area contributed by atoms with E-state index < -0.39 is 0 Å². The van der Waals surface area contributed by atoms with Crippen LogP contribution < -0.4 is 4.74 Å². The molecule has 0 fully saturated rings. The zero-order valence-electron chi connectivity index (χ0n) is 49.7. The van der Waals surface area contributed by atoms with Crippen LogP contribution in [0.4, 0.5) is 0 Å². The number of benzene rings is 3. The second-order valence-electron chi connectivity index (χ2n) is 23.4. The summed E-state index contributed by atoms with van der Waals surface area (Å²) in [5.74, 6) is 1.55. The van der Waals surface area contributed by atoms with Crippen LogP contribution >= 0.6 is 0 Å². The van der Waals surface area contributed by atoms with E-state index >= 15 is 0 Å². The molecule has 74 heavy (non-hydrogen) atoms. The Morgan fingerprint density at radius 2 is 0.486 bits per heavy atom. The molecule has 0 atom stereocenters. The van der Waals surface area contributed by atoms with E-state index in [1.807, 2.05) is 0 Å². The zero-order chi connectivity index (χ0) is 52.5. The zero-order valence-corrected chi connectivity index (χ0v) is 49.7. The van der Waals surface area contributed by atoms with Crippen molar-refractivity contribution in [3.63, 3.8) is 0 Å². The van der Waals surface area contributed by atoms with Crippen molar-refractivity contribution in [3.8, 4) is 33.8 Å². The van der Waals surface area contributed by atoms with Gasteiger partial charge in [0.05, 0.1) is 6.61 Å². The highest BCUT2D eigenvalue weighted by Crippen LogP contribution is 2.50. The number of rotatable bonds is 54. The number of hydrogen-bond acceptors (Lipinski definition) is 2. The van der Waals surface area contributed by atoms with Crippen LogP contribution in [0.5, 0.6) is 11.5 Å². The van der Waals surface area contributed by atoms with Crippen LogP contribution in [0.3, 0.4) is 0 Å². The lowest BCUT2D eigenvalue weighted by atomic mass is 9.84. The fourth-order valence-corrected chi connectivity index (χ4v) is 11.8. The van der Waals surface area contributed by atoms with Crippen LogP contribution in [0.2, 0.25) is 0 Å². The molecule has 0 saturated carbocycles. The molecule has 0 heterocycles. The van der Waals surface area contributed by atoms with Crippen LogP contribution in [0.25, 0.3) is 22.3 Å². The predicted octanol–water partition coefficient (Wildman–Crippen LogP) is 25.0. The number of phenols is 1. The van der Waals surface area contributed by atoms with Crippen molar-refractivity contribution in [2.45, 2.75) is 342 Å². The Morgan fingerprint density at radius 1 is 0.270 bits per heavy atom. The SMILES string of the molecule is CCCCCCCCCCCCCCCCCCOc1c(CCCCCCCCCCCCCCCCCC)c(-c2ccccc2)c(O)c(-c2ccccc2)c1CCCCCCCCCCCCCCCCCC. The molecule has 0 unspecified atom stereocenters. The van der Waals surface area contributed by atoms with Gasteiger partial charge in [0.15, 0.2) is 0 Å². The molecule has 0 aliphatic rings. The second-order valence-corrected chi connectivity index (χ2v) is 23.4. The molecule has 0 aliphatic carbocycles. The van der Waals surface area contributed by atoms with E-state index in [1.54, 1.807) is 0 Å². The van der Waals surface area contributed by atoms with Gasteiger partial charge in [-0.15, -0.1) is 0 Å². The summed E-state index contributed by atoms with van der Waals surface area (Å²) >= 11 is 0. The molecule has 3 aromatic carbocycles. The lowest BCUT2D eigenvalue weighted by Crippen LogP contribution is -2.08. The van der Waals surface area contributed by atoms with Crippen LogP contribution in [-0.4, -0.2) is 11.7 Å². The summed E-state index contributed by atoms with van der Waals surface area (Å²) in [5, 5.41) is 12.7. The smallest absolute Gasteiger partial charge is 0.132 e. The van der Waals surface area contributed by atoms with Crippen molar-refractivity contribution in [2.24, 2.45) is 0 Å². The molecule has 0 bridgehead atoms. The summed E-state index contributed by atoms with van der Waals surface area (Å²) in [7, 11) is 0. The van der Waals surface area contributed by atoms with Gasteiger partial charge in [0, 0.05) is 22.3 Å². The first-order valence-electron chi connectivity index (χ1n) is 33.4. The normalized spacial score (nSPS) is 11.6. The molecule has 0 aromatic heterocycles. The molecular formula is C72H122O2. The molecule has 0 saturated heterocycles. The van der Waals surface area contributed by atoms with E-state index in [-0.39, 0.29) is 0 Å². The first-order chi connectivity index (χ1) is 36.7. The van der Waals surface area contributed by atoms with Gasteiger partial charge in [-0.1, -0.05) is 370 Å². The predicted molar refractivity (Wildman–Crippen MR) is 331 cm³/mol. The quantitative estimate of drug-likeness (QED) is 0.0571. The van der Waals surface area contributed by atoms with Gasteiger partial charge in [-0.3, -0.25) is 0 Å². The van der Waals surface area contributed by atoms with Crippen molar-refractivity contribution >= 4 is 0 Å². The third-order valence-corrected chi connectivity index (χ3v) is 16.6. The summed E-state index contributed by atoms with van der Waals surface area (Å²) in [5.41, 5.74) is 6.72. The van der Waals surface area contributed by atoms with E-state index in [0.717, 1.165) is 66.7 Å². The van der Waals surface area contributed by atoms with E-state index in [2.05, 4.69) is 81.4 Å². The van der Waals surface area contributed by atoms with Gasteiger partial charge in [-0.05, 0) is 43.2 Å². The average molecular weight is 1020 g/mol. The summed E-state index contributed by atoms with van der Waals surface area (Å²) in [4.78, 5) is 0. The van der Waals surface area contributed by atoms with Gasteiger partial charge in [-0.2, -0.15) is 0 Å². The van der Waals surface area contributed by atoms with Crippen molar-refractivity contribution in [3.05, 3.63) is 71.8 Å².